The minimum Gasteiger partial charge on any atom is -0.481 e. The smallest absolute Gasteiger partial charge is 0.303 e. The quantitative estimate of drug-likeness (QED) is 0.238. The van der Waals surface area contributed by atoms with E-state index in [0.717, 1.165) is 5.56 Å². The summed E-state index contributed by atoms with van der Waals surface area (Å²) >= 11 is 0. The molecule has 2 rings (SSSR count). The van der Waals surface area contributed by atoms with Gasteiger partial charge in [0.25, 0.3) is 5.91 Å². The Labute approximate surface area is 179 Å². The summed E-state index contributed by atoms with van der Waals surface area (Å²) in [5, 5.41) is 14.1. The number of guanidine groups is 1. The summed E-state index contributed by atoms with van der Waals surface area (Å²) in [6.45, 7) is 0.369. The van der Waals surface area contributed by atoms with Gasteiger partial charge in [0.15, 0.2) is 5.96 Å². The van der Waals surface area contributed by atoms with Crippen LogP contribution in [0.5, 0.6) is 0 Å². The van der Waals surface area contributed by atoms with Crippen LogP contribution in [-0.2, 0) is 16.0 Å². The Kier molecular flexibility index (Phi) is 8.52. The molecule has 0 radical (unpaired) electrons. The van der Waals surface area contributed by atoms with Gasteiger partial charge >= 0.3 is 5.97 Å². The lowest BCUT2D eigenvalue weighted by molar-refractivity contribution is -0.137. The highest BCUT2D eigenvalue weighted by Crippen LogP contribution is 2.15. The first-order valence-corrected chi connectivity index (χ1v) is 9.59. The van der Waals surface area contributed by atoms with Gasteiger partial charge in [0.05, 0.1) is 11.7 Å². The maximum Gasteiger partial charge on any atom is 0.303 e. The zero-order chi connectivity index (χ0) is 22.8. The molecule has 0 aliphatic heterocycles. The van der Waals surface area contributed by atoms with E-state index in [2.05, 4.69) is 15.6 Å². The van der Waals surface area contributed by atoms with Crippen molar-refractivity contribution in [3.05, 3.63) is 59.7 Å². The van der Waals surface area contributed by atoms with Gasteiger partial charge in [-0.3, -0.25) is 14.4 Å². The van der Waals surface area contributed by atoms with Crippen molar-refractivity contribution in [1.82, 2.24) is 5.32 Å². The fraction of sp³-hybridized carbons (Fsp3) is 0.238. The van der Waals surface area contributed by atoms with Crippen molar-refractivity contribution >= 4 is 35.1 Å². The van der Waals surface area contributed by atoms with E-state index in [1.165, 1.54) is 0 Å². The van der Waals surface area contributed by atoms with E-state index in [0.29, 0.717) is 29.9 Å². The number of carboxylic acids is 1. The Morgan fingerprint density at radius 2 is 1.65 bits per heavy atom. The molecule has 31 heavy (non-hydrogen) atoms. The molecule has 2 amide bonds. The summed E-state index contributed by atoms with van der Waals surface area (Å²) in [6, 6.07) is 12.9. The normalized spacial score (nSPS) is 11.3. The monoisotopic (exact) mass is 426 g/mol. The maximum atomic E-state index is 12.3. The van der Waals surface area contributed by atoms with Crippen molar-refractivity contribution in [1.29, 1.82) is 0 Å². The molecule has 0 saturated heterocycles. The number of aliphatic imine (C=N–C) groups is 1. The van der Waals surface area contributed by atoms with Gasteiger partial charge in [-0.15, -0.1) is 0 Å². The number of anilines is 1. The molecular formula is C21H26N6O4. The summed E-state index contributed by atoms with van der Waals surface area (Å²) in [7, 11) is 0. The molecule has 0 bridgehead atoms. The Bertz CT molecular complexity index is 937. The van der Waals surface area contributed by atoms with Crippen LogP contribution in [0.2, 0.25) is 0 Å². The van der Waals surface area contributed by atoms with Gasteiger partial charge in [0.2, 0.25) is 5.91 Å². The third-order valence-electron chi connectivity index (χ3n) is 4.32. The van der Waals surface area contributed by atoms with Gasteiger partial charge in [0.1, 0.15) is 0 Å². The molecule has 2 aromatic carbocycles. The third kappa shape index (κ3) is 8.15. The van der Waals surface area contributed by atoms with Crippen molar-refractivity contribution in [3.8, 4) is 0 Å². The molecule has 0 fully saturated rings. The number of carboxylic acid groups (broad SMARTS) is 1. The van der Waals surface area contributed by atoms with Crippen molar-refractivity contribution in [2.75, 3.05) is 11.9 Å². The minimum absolute atomic E-state index is 0.0575. The summed E-state index contributed by atoms with van der Waals surface area (Å²) in [5.41, 5.74) is 18.9. The molecular weight excluding hydrogens is 400 g/mol. The number of nitrogens with zero attached hydrogens (tertiary/aromatic N) is 1. The van der Waals surface area contributed by atoms with Crippen LogP contribution >= 0.6 is 0 Å². The Morgan fingerprint density at radius 1 is 1.00 bits per heavy atom. The fourth-order valence-electron chi connectivity index (χ4n) is 2.67. The lowest BCUT2D eigenvalue weighted by Crippen LogP contribution is -2.41. The van der Waals surface area contributed by atoms with Gasteiger partial charge in [-0.1, -0.05) is 12.1 Å². The first-order valence-electron chi connectivity index (χ1n) is 9.59. The van der Waals surface area contributed by atoms with Gasteiger partial charge in [-0.2, -0.15) is 0 Å². The van der Waals surface area contributed by atoms with Crippen LogP contribution in [0.15, 0.2) is 53.5 Å². The molecule has 0 spiro atoms. The first-order chi connectivity index (χ1) is 14.7. The molecule has 2 aromatic rings. The number of nitrogens with one attached hydrogen (secondary N) is 2. The summed E-state index contributed by atoms with van der Waals surface area (Å²) in [5.74, 6) is -1.70. The standard InChI is InChI=1S/C21H26N6O4/c22-17(9-10-18(28)29)20(31)25-12-11-13-1-5-15(6-2-13)26-19(30)14-3-7-16(8-4-14)27-21(23)24/h1-8,17H,9-12,22H2,(H,25,31)(H,26,30)(H,28,29)(H4,23,24,27). The highest BCUT2D eigenvalue weighted by atomic mass is 16.4. The molecule has 1 unspecified atom stereocenters. The van der Waals surface area contributed by atoms with Crippen LogP contribution in [0.4, 0.5) is 11.4 Å². The molecule has 0 aliphatic rings. The topological polar surface area (TPSA) is 186 Å². The number of hydrogen-bond acceptors (Lipinski definition) is 5. The van der Waals surface area contributed by atoms with Crippen LogP contribution < -0.4 is 27.8 Å². The molecule has 10 nitrogen and oxygen atoms in total. The largest absolute Gasteiger partial charge is 0.481 e. The third-order valence-corrected chi connectivity index (χ3v) is 4.32. The molecule has 1 atom stereocenters. The lowest BCUT2D eigenvalue weighted by atomic mass is 10.1. The molecule has 164 valence electrons. The summed E-state index contributed by atoms with van der Waals surface area (Å²) in [6.07, 6.45) is 0.507. The SMILES string of the molecule is NC(N)=Nc1ccc(C(=O)Nc2ccc(CCNC(=O)C(N)CCC(=O)O)cc2)cc1. The predicted octanol–water partition coefficient (Wildman–Crippen LogP) is 0.695. The second kappa shape index (κ2) is 11.3. The van der Waals surface area contributed by atoms with E-state index in [4.69, 9.17) is 22.3 Å². The molecule has 0 aliphatic carbocycles. The number of amides is 2. The Balaban J connectivity index is 1.81. The lowest BCUT2D eigenvalue weighted by Gasteiger charge is -2.11. The second-order valence-electron chi connectivity index (χ2n) is 6.81. The van der Waals surface area contributed by atoms with Crippen LogP contribution in [-0.4, -0.2) is 41.4 Å². The number of carbonyl (C=O) groups is 3. The Morgan fingerprint density at radius 3 is 2.23 bits per heavy atom. The first kappa shape index (κ1) is 23.4. The molecule has 0 saturated carbocycles. The van der Waals surface area contributed by atoms with E-state index < -0.39 is 12.0 Å². The van der Waals surface area contributed by atoms with Crippen LogP contribution in [0.25, 0.3) is 0 Å². The molecule has 0 heterocycles. The van der Waals surface area contributed by atoms with Gasteiger partial charge in [-0.05, 0) is 54.8 Å². The predicted molar refractivity (Wildman–Crippen MR) is 118 cm³/mol. The van der Waals surface area contributed by atoms with E-state index in [9.17, 15) is 14.4 Å². The molecule has 9 N–H and O–H groups in total. The maximum absolute atomic E-state index is 12.3. The number of nitrogens with two attached hydrogens (primary N) is 3. The van der Waals surface area contributed by atoms with Gasteiger partial charge in [-0.25, -0.2) is 4.99 Å². The van der Waals surface area contributed by atoms with Crippen LogP contribution in [0.1, 0.15) is 28.8 Å². The molecule has 10 heteroatoms. The van der Waals surface area contributed by atoms with Crippen molar-refractivity contribution in [2.24, 2.45) is 22.2 Å². The van der Waals surface area contributed by atoms with E-state index in [1.807, 2.05) is 12.1 Å². The highest BCUT2D eigenvalue weighted by Gasteiger charge is 2.14. The summed E-state index contributed by atoms with van der Waals surface area (Å²) < 4.78 is 0. The summed E-state index contributed by atoms with van der Waals surface area (Å²) in [4.78, 5) is 38.6. The van der Waals surface area contributed by atoms with Crippen molar-refractivity contribution in [3.63, 3.8) is 0 Å². The average molecular weight is 426 g/mol. The minimum atomic E-state index is -0.988. The zero-order valence-corrected chi connectivity index (χ0v) is 16.9. The molecule has 0 aromatic heterocycles. The highest BCUT2D eigenvalue weighted by molar-refractivity contribution is 6.04. The van der Waals surface area contributed by atoms with E-state index in [-0.39, 0.29) is 30.6 Å². The second-order valence-corrected chi connectivity index (χ2v) is 6.81. The average Bonchev–Trinajstić information content (AvgIpc) is 2.73. The van der Waals surface area contributed by atoms with E-state index >= 15 is 0 Å². The van der Waals surface area contributed by atoms with E-state index in [1.54, 1.807) is 36.4 Å². The zero-order valence-electron chi connectivity index (χ0n) is 16.9. The number of carbonyl (C=O) groups excluding carboxylic acids is 2. The van der Waals surface area contributed by atoms with Crippen LogP contribution in [0.3, 0.4) is 0 Å². The van der Waals surface area contributed by atoms with Crippen molar-refractivity contribution in [2.45, 2.75) is 25.3 Å². The van der Waals surface area contributed by atoms with Crippen LogP contribution in [0, 0.1) is 0 Å². The number of rotatable bonds is 10. The van der Waals surface area contributed by atoms with Crippen molar-refractivity contribution < 1.29 is 19.5 Å². The Hall–Kier alpha value is -3.92. The number of benzene rings is 2. The fourth-order valence-corrected chi connectivity index (χ4v) is 2.67. The van der Waals surface area contributed by atoms with Gasteiger partial charge < -0.3 is 32.9 Å². The number of hydrogen-bond donors (Lipinski definition) is 6. The number of aliphatic carboxylic acids is 1. The van der Waals surface area contributed by atoms with Gasteiger partial charge in [0, 0.05) is 24.2 Å².